The van der Waals surface area contributed by atoms with Gasteiger partial charge in [0.1, 0.15) is 12.4 Å². The molecule has 12 heavy (non-hydrogen) atoms. The SMILES string of the molecule is NOCC(F)c1ccc(F)cc1. The van der Waals surface area contributed by atoms with Crippen molar-refractivity contribution in [3.63, 3.8) is 0 Å². The van der Waals surface area contributed by atoms with Crippen LogP contribution >= 0.6 is 0 Å². The average Bonchev–Trinajstić information content (AvgIpc) is 2.06. The molecule has 0 radical (unpaired) electrons. The zero-order valence-electron chi connectivity index (χ0n) is 6.34. The van der Waals surface area contributed by atoms with Gasteiger partial charge in [0, 0.05) is 0 Å². The third-order valence-corrected chi connectivity index (χ3v) is 1.47. The number of rotatable bonds is 3. The Hall–Kier alpha value is -1.00. The lowest BCUT2D eigenvalue weighted by Crippen LogP contribution is -2.07. The van der Waals surface area contributed by atoms with E-state index in [4.69, 9.17) is 0 Å². The molecule has 0 fully saturated rings. The van der Waals surface area contributed by atoms with Crippen molar-refractivity contribution in [3.05, 3.63) is 35.6 Å². The van der Waals surface area contributed by atoms with Crippen LogP contribution in [0.1, 0.15) is 11.7 Å². The fraction of sp³-hybridized carbons (Fsp3) is 0.250. The van der Waals surface area contributed by atoms with Crippen LogP contribution in [0.25, 0.3) is 0 Å². The number of alkyl halides is 1. The van der Waals surface area contributed by atoms with E-state index in [1.54, 1.807) is 0 Å². The molecule has 0 saturated heterocycles. The lowest BCUT2D eigenvalue weighted by atomic mass is 10.1. The molecule has 0 bridgehead atoms. The van der Waals surface area contributed by atoms with Gasteiger partial charge in [-0.05, 0) is 17.7 Å². The monoisotopic (exact) mass is 173 g/mol. The van der Waals surface area contributed by atoms with Gasteiger partial charge in [-0.2, -0.15) is 0 Å². The summed E-state index contributed by atoms with van der Waals surface area (Å²) in [7, 11) is 0. The van der Waals surface area contributed by atoms with Crippen LogP contribution in [0.4, 0.5) is 8.78 Å². The minimum Gasteiger partial charge on any atom is -0.301 e. The number of hydrogen-bond acceptors (Lipinski definition) is 2. The molecule has 0 aliphatic carbocycles. The molecule has 1 atom stereocenters. The van der Waals surface area contributed by atoms with Crippen molar-refractivity contribution in [1.82, 2.24) is 0 Å². The van der Waals surface area contributed by atoms with E-state index in [0.29, 0.717) is 5.56 Å². The predicted molar refractivity (Wildman–Crippen MR) is 40.4 cm³/mol. The average molecular weight is 173 g/mol. The third-order valence-electron chi connectivity index (χ3n) is 1.47. The van der Waals surface area contributed by atoms with Crippen LogP contribution in [-0.4, -0.2) is 6.61 Å². The summed E-state index contributed by atoms with van der Waals surface area (Å²) in [5.41, 5.74) is 0.363. The topological polar surface area (TPSA) is 35.2 Å². The van der Waals surface area contributed by atoms with E-state index < -0.39 is 6.17 Å². The van der Waals surface area contributed by atoms with Gasteiger partial charge in [0.15, 0.2) is 6.17 Å². The van der Waals surface area contributed by atoms with Gasteiger partial charge in [0.2, 0.25) is 0 Å². The quantitative estimate of drug-likeness (QED) is 0.706. The maximum atomic E-state index is 12.9. The minimum absolute atomic E-state index is 0.217. The summed E-state index contributed by atoms with van der Waals surface area (Å²) >= 11 is 0. The van der Waals surface area contributed by atoms with Crippen molar-refractivity contribution in [2.75, 3.05) is 6.61 Å². The van der Waals surface area contributed by atoms with Crippen LogP contribution in [0.3, 0.4) is 0 Å². The van der Waals surface area contributed by atoms with E-state index in [1.165, 1.54) is 24.3 Å². The van der Waals surface area contributed by atoms with Gasteiger partial charge >= 0.3 is 0 Å². The summed E-state index contributed by atoms with van der Waals surface area (Å²) in [4.78, 5) is 4.12. The van der Waals surface area contributed by atoms with Gasteiger partial charge in [-0.15, -0.1) is 0 Å². The zero-order chi connectivity index (χ0) is 8.97. The first kappa shape index (κ1) is 9.09. The van der Waals surface area contributed by atoms with E-state index in [-0.39, 0.29) is 12.4 Å². The summed E-state index contributed by atoms with van der Waals surface area (Å²) in [5.74, 6) is 4.29. The molecule has 0 amide bonds. The summed E-state index contributed by atoms with van der Waals surface area (Å²) in [6.45, 7) is -0.217. The number of nitrogens with two attached hydrogens (primary N) is 1. The Morgan fingerprint density at radius 2 is 1.92 bits per heavy atom. The normalized spacial score (nSPS) is 12.9. The summed E-state index contributed by atoms with van der Waals surface area (Å²) < 4.78 is 25.3. The van der Waals surface area contributed by atoms with Crippen molar-refractivity contribution in [2.45, 2.75) is 6.17 Å². The zero-order valence-corrected chi connectivity index (χ0v) is 6.34. The van der Waals surface area contributed by atoms with Crippen molar-refractivity contribution >= 4 is 0 Å². The van der Waals surface area contributed by atoms with E-state index in [1.807, 2.05) is 0 Å². The Morgan fingerprint density at radius 1 is 1.33 bits per heavy atom. The first-order valence-electron chi connectivity index (χ1n) is 3.45. The van der Waals surface area contributed by atoms with Crippen LogP contribution in [0.5, 0.6) is 0 Å². The standard InChI is InChI=1S/C8H9F2NO/c9-7-3-1-6(2-4-7)8(10)5-12-11/h1-4,8H,5,11H2. The molecular weight excluding hydrogens is 164 g/mol. The molecule has 1 aromatic rings. The van der Waals surface area contributed by atoms with Crippen LogP contribution in [0.2, 0.25) is 0 Å². The van der Waals surface area contributed by atoms with Gasteiger partial charge < -0.3 is 4.84 Å². The van der Waals surface area contributed by atoms with Crippen LogP contribution in [0.15, 0.2) is 24.3 Å². The van der Waals surface area contributed by atoms with Crippen molar-refractivity contribution in [3.8, 4) is 0 Å². The Balaban J connectivity index is 2.68. The molecule has 1 rings (SSSR count). The largest absolute Gasteiger partial charge is 0.301 e. The van der Waals surface area contributed by atoms with Crippen LogP contribution in [-0.2, 0) is 4.84 Å². The Bertz CT molecular complexity index is 237. The summed E-state index contributed by atoms with van der Waals surface area (Å²) in [6.07, 6.45) is -1.30. The first-order valence-corrected chi connectivity index (χ1v) is 3.45. The Labute approximate surface area is 68.9 Å². The number of benzene rings is 1. The third kappa shape index (κ3) is 2.25. The molecule has 1 aromatic carbocycles. The molecule has 0 aliphatic heterocycles. The molecule has 0 saturated carbocycles. The molecule has 66 valence electrons. The second-order valence-electron chi connectivity index (χ2n) is 2.35. The van der Waals surface area contributed by atoms with Gasteiger partial charge in [0.05, 0.1) is 0 Å². The maximum absolute atomic E-state index is 12.9. The molecule has 0 aliphatic rings. The van der Waals surface area contributed by atoms with Gasteiger partial charge in [0.25, 0.3) is 0 Å². The lowest BCUT2D eigenvalue weighted by molar-refractivity contribution is 0.0816. The molecule has 0 spiro atoms. The molecule has 0 aromatic heterocycles. The smallest absolute Gasteiger partial charge is 0.150 e. The highest BCUT2D eigenvalue weighted by molar-refractivity contribution is 5.18. The lowest BCUT2D eigenvalue weighted by Gasteiger charge is -2.05. The summed E-state index contributed by atoms with van der Waals surface area (Å²) in [6, 6.07) is 5.11. The molecule has 1 unspecified atom stereocenters. The molecule has 4 heteroatoms. The molecular formula is C8H9F2NO. The molecule has 2 N–H and O–H groups in total. The van der Waals surface area contributed by atoms with Gasteiger partial charge in [-0.25, -0.2) is 14.7 Å². The molecule has 0 heterocycles. The van der Waals surface area contributed by atoms with E-state index >= 15 is 0 Å². The van der Waals surface area contributed by atoms with Crippen molar-refractivity contribution < 1.29 is 13.6 Å². The fourth-order valence-electron chi connectivity index (χ4n) is 0.852. The van der Waals surface area contributed by atoms with Gasteiger partial charge in [-0.1, -0.05) is 12.1 Å². The Kier molecular flexibility index (Phi) is 3.13. The number of hydrogen-bond donors (Lipinski definition) is 1. The van der Waals surface area contributed by atoms with Crippen LogP contribution in [0, 0.1) is 5.82 Å². The van der Waals surface area contributed by atoms with Crippen LogP contribution < -0.4 is 5.90 Å². The fourth-order valence-corrected chi connectivity index (χ4v) is 0.852. The highest BCUT2D eigenvalue weighted by atomic mass is 19.1. The highest BCUT2D eigenvalue weighted by Gasteiger charge is 2.08. The van der Waals surface area contributed by atoms with E-state index in [9.17, 15) is 8.78 Å². The maximum Gasteiger partial charge on any atom is 0.150 e. The highest BCUT2D eigenvalue weighted by Crippen LogP contribution is 2.16. The number of halogens is 2. The summed E-state index contributed by atoms with van der Waals surface area (Å²) in [5, 5.41) is 0. The van der Waals surface area contributed by atoms with Gasteiger partial charge in [-0.3, -0.25) is 0 Å². The first-order chi connectivity index (χ1) is 5.74. The predicted octanol–water partition coefficient (Wildman–Crippen LogP) is 1.73. The van der Waals surface area contributed by atoms with E-state index in [2.05, 4.69) is 10.7 Å². The second kappa shape index (κ2) is 4.13. The molecule has 2 nitrogen and oxygen atoms in total. The Morgan fingerprint density at radius 3 is 2.42 bits per heavy atom. The minimum atomic E-state index is -1.30. The van der Waals surface area contributed by atoms with Crippen molar-refractivity contribution in [1.29, 1.82) is 0 Å². The van der Waals surface area contributed by atoms with E-state index in [0.717, 1.165) is 0 Å². The van der Waals surface area contributed by atoms with Crippen molar-refractivity contribution in [2.24, 2.45) is 5.90 Å². The second-order valence-corrected chi connectivity index (χ2v) is 2.35.